The van der Waals surface area contributed by atoms with Gasteiger partial charge in [0.2, 0.25) is 0 Å². The van der Waals surface area contributed by atoms with Crippen molar-refractivity contribution < 1.29 is 39.6 Å². The molecule has 0 aliphatic heterocycles. The number of hydrogen-bond acceptors (Lipinski definition) is 4. The average Bonchev–Trinajstić information content (AvgIpc) is 2.79. The van der Waals surface area contributed by atoms with Crippen LogP contribution in [0.3, 0.4) is 0 Å². The topological polar surface area (TPSA) is 149 Å². The maximum Gasteiger partial charge on any atom is 0.336 e. The smallest absolute Gasteiger partial charge is 0.336 e. The third-order valence-corrected chi connectivity index (χ3v) is 6.37. The van der Waals surface area contributed by atoms with Gasteiger partial charge in [0.05, 0.1) is 22.3 Å². The Balaban J connectivity index is 2.54. The van der Waals surface area contributed by atoms with Gasteiger partial charge in [-0.1, -0.05) is 52.2 Å². The van der Waals surface area contributed by atoms with E-state index < -0.39 is 29.8 Å². The maximum atomic E-state index is 11.7. The zero-order valence-electron chi connectivity index (χ0n) is 20.2. The van der Waals surface area contributed by atoms with Gasteiger partial charge in [-0.2, -0.15) is 0 Å². The summed E-state index contributed by atoms with van der Waals surface area (Å²) in [6.45, 7) is 6.51. The molecule has 4 N–H and O–H groups in total. The first kappa shape index (κ1) is 27.6. The summed E-state index contributed by atoms with van der Waals surface area (Å²) in [5.74, 6) is -5.92. The third kappa shape index (κ3) is 7.15. The molecule has 0 aromatic heterocycles. The van der Waals surface area contributed by atoms with Crippen molar-refractivity contribution >= 4 is 23.9 Å². The predicted molar refractivity (Wildman–Crippen MR) is 130 cm³/mol. The molecule has 0 aliphatic carbocycles. The van der Waals surface area contributed by atoms with Crippen molar-refractivity contribution in [1.29, 1.82) is 0 Å². The number of rotatable bonds is 13. The van der Waals surface area contributed by atoms with Crippen LogP contribution < -0.4 is 0 Å². The second-order valence-electron chi connectivity index (χ2n) is 9.54. The molecule has 0 heterocycles. The summed E-state index contributed by atoms with van der Waals surface area (Å²) in [6, 6.07) is 8.17. The molecule has 0 amide bonds. The van der Waals surface area contributed by atoms with Crippen molar-refractivity contribution in [3.05, 3.63) is 69.8 Å². The van der Waals surface area contributed by atoms with Gasteiger partial charge >= 0.3 is 23.9 Å². The van der Waals surface area contributed by atoms with Crippen molar-refractivity contribution in [2.75, 3.05) is 0 Å². The Labute approximate surface area is 204 Å². The SMILES string of the molecule is CCCCC(C)(C)CCCC(c1ccc(C(=O)O)c(C(=O)O)c1)c1ccc(C(=O)O)c(C(=O)O)c1. The lowest BCUT2D eigenvalue weighted by atomic mass is 9.79. The zero-order valence-corrected chi connectivity index (χ0v) is 20.2. The molecule has 0 unspecified atom stereocenters. The van der Waals surface area contributed by atoms with Crippen LogP contribution in [0.5, 0.6) is 0 Å². The minimum absolute atomic E-state index is 0.0966. The number of benzene rings is 2. The molecule has 0 saturated heterocycles. The summed E-state index contributed by atoms with van der Waals surface area (Å²) in [7, 11) is 0. The Morgan fingerprint density at radius 2 is 1.09 bits per heavy atom. The number of hydrogen-bond donors (Lipinski definition) is 4. The average molecular weight is 485 g/mol. The van der Waals surface area contributed by atoms with Gasteiger partial charge in [-0.25, -0.2) is 19.2 Å². The van der Waals surface area contributed by atoms with E-state index in [-0.39, 0.29) is 27.7 Å². The van der Waals surface area contributed by atoms with E-state index in [4.69, 9.17) is 0 Å². The van der Waals surface area contributed by atoms with Crippen LogP contribution >= 0.6 is 0 Å². The molecule has 8 nitrogen and oxygen atoms in total. The van der Waals surface area contributed by atoms with Gasteiger partial charge < -0.3 is 20.4 Å². The summed E-state index contributed by atoms with van der Waals surface area (Å²) < 4.78 is 0. The Morgan fingerprint density at radius 1 is 0.686 bits per heavy atom. The Morgan fingerprint density at radius 3 is 1.46 bits per heavy atom. The van der Waals surface area contributed by atoms with Crippen LogP contribution in [0.2, 0.25) is 0 Å². The van der Waals surface area contributed by atoms with Crippen LogP contribution in [0.1, 0.15) is 118 Å². The van der Waals surface area contributed by atoms with Crippen molar-refractivity contribution in [3.8, 4) is 0 Å². The number of carbonyl (C=O) groups is 4. The summed E-state index contributed by atoms with van der Waals surface area (Å²) in [5.41, 5.74) is -0.246. The highest BCUT2D eigenvalue weighted by molar-refractivity contribution is 6.02. The van der Waals surface area contributed by atoms with E-state index in [0.717, 1.165) is 32.1 Å². The van der Waals surface area contributed by atoms with E-state index in [2.05, 4.69) is 20.8 Å². The molecular formula is C27H32O8. The van der Waals surface area contributed by atoms with Crippen LogP contribution in [0, 0.1) is 5.41 Å². The van der Waals surface area contributed by atoms with Crippen molar-refractivity contribution in [3.63, 3.8) is 0 Å². The van der Waals surface area contributed by atoms with Gasteiger partial charge in [0, 0.05) is 5.92 Å². The minimum atomic E-state index is -1.38. The van der Waals surface area contributed by atoms with Gasteiger partial charge in [0.1, 0.15) is 0 Å². The van der Waals surface area contributed by atoms with Gasteiger partial charge in [0.25, 0.3) is 0 Å². The molecule has 188 valence electrons. The summed E-state index contributed by atoms with van der Waals surface area (Å²) in [6.07, 6.45) is 5.45. The lowest BCUT2D eigenvalue weighted by Crippen LogP contribution is -2.14. The molecule has 0 aliphatic rings. The molecule has 2 aromatic carbocycles. The van der Waals surface area contributed by atoms with E-state index in [1.807, 2.05) is 0 Å². The van der Waals surface area contributed by atoms with Crippen molar-refractivity contribution in [1.82, 2.24) is 0 Å². The van der Waals surface area contributed by atoms with E-state index in [0.29, 0.717) is 17.5 Å². The largest absolute Gasteiger partial charge is 0.478 e. The second kappa shape index (κ2) is 11.6. The normalized spacial score (nSPS) is 11.4. The van der Waals surface area contributed by atoms with Crippen molar-refractivity contribution in [2.45, 2.75) is 65.2 Å². The van der Waals surface area contributed by atoms with Crippen LogP contribution in [0.15, 0.2) is 36.4 Å². The lowest BCUT2D eigenvalue weighted by molar-refractivity contribution is 0.0651. The summed E-state index contributed by atoms with van der Waals surface area (Å²) >= 11 is 0. The molecule has 0 radical (unpaired) electrons. The number of carboxylic acids is 4. The van der Waals surface area contributed by atoms with Crippen LogP contribution in [-0.4, -0.2) is 44.3 Å². The highest BCUT2D eigenvalue weighted by Crippen LogP contribution is 2.36. The van der Waals surface area contributed by atoms with E-state index >= 15 is 0 Å². The highest BCUT2D eigenvalue weighted by atomic mass is 16.4. The molecule has 0 fully saturated rings. The minimum Gasteiger partial charge on any atom is -0.478 e. The first-order valence-corrected chi connectivity index (χ1v) is 11.6. The summed E-state index contributed by atoms with van der Waals surface area (Å²) in [4.78, 5) is 46.4. The fourth-order valence-corrected chi connectivity index (χ4v) is 4.37. The van der Waals surface area contributed by atoms with Gasteiger partial charge in [-0.3, -0.25) is 0 Å². The molecule has 0 atom stereocenters. The quantitative estimate of drug-likeness (QED) is 0.270. The molecule has 0 saturated carbocycles. The number of aromatic carboxylic acids is 4. The van der Waals surface area contributed by atoms with E-state index in [1.165, 1.54) is 36.4 Å². The van der Waals surface area contributed by atoms with Gasteiger partial charge in [-0.05, 0) is 60.1 Å². The molecular weight excluding hydrogens is 452 g/mol. The zero-order chi connectivity index (χ0) is 26.3. The predicted octanol–water partition coefficient (Wildman–Crippen LogP) is 6.00. The molecule has 2 rings (SSSR count). The Kier molecular flexibility index (Phi) is 9.17. The second-order valence-corrected chi connectivity index (χ2v) is 9.54. The molecule has 0 bridgehead atoms. The van der Waals surface area contributed by atoms with Crippen molar-refractivity contribution in [2.24, 2.45) is 5.41 Å². The number of unbranched alkanes of at least 4 members (excludes halogenated alkanes) is 1. The fraction of sp³-hybridized carbons (Fsp3) is 0.407. The van der Waals surface area contributed by atoms with Gasteiger partial charge in [0.15, 0.2) is 0 Å². The summed E-state index contributed by atoms with van der Waals surface area (Å²) in [5, 5.41) is 37.8. The third-order valence-electron chi connectivity index (χ3n) is 6.37. The number of carboxylic acid groups (broad SMARTS) is 4. The fourth-order valence-electron chi connectivity index (χ4n) is 4.37. The lowest BCUT2D eigenvalue weighted by Gasteiger charge is -2.26. The Bertz CT molecular complexity index is 1040. The molecule has 35 heavy (non-hydrogen) atoms. The van der Waals surface area contributed by atoms with Crippen LogP contribution in [-0.2, 0) is 0 Å². The van der Waals surface area contributed by atoms with Crippen LogP contribution in [0.4, 0.5) is 0 Å². The van der Waals surface area contributed by atoms with Gasteiger partial charge in [-0.15, -0.1) is 0 Å². The van der Waals surface area contributed by atoms with E-state index in [1.54, 1.807) is 0 Å². The van der Waals surface area contributed by atoms with Crippen LogP contribution in [0.25, 0.3) is 0 Å². The first-order valence-electron chi connectivity index (χ1n) is 11.6. The highest BCUT2D eigenvalue weighted by Gasteiger charge is 2.25. The molecule has 0 spiro atoms. The molecule has 2 aromatic rings. The Hall–Kier alpha value is -3.68. The van der Waals surface area contributed by atoms with E-state index in [9.17, 15) is 39.6 Å². The monoisotopic (exact) mass is 484 g/mol. The maximum absolute atomic E-state index is 11.7. The standard InChI is InChI=1S/C27H32O8/c1-4-5-12-27(2,3)13-6-7-18(16-8-10-19(23(28)29)21(14-16)25(32)33)17-9-11-20(24(30)31)22(15-17)26(34)35/h8-11,14-15,18H,4-7,12-13H2,1-3H3,(H,28,29)(H,30,31)(H,32,33)(H,34,35). The first-order chi connectivity index (χ1) is 16.4. The molecule has 8 heteroatoms.